The van der Waals surface area contributed by atoms with Crippen LogP contribution in [0.1, 0.15) is 21.5 Å². The monoisotopic (exact) mass is 357 g/mol. The summed E-state index contributed by atoms with van der Waals surface area (Å²) in [6.45, 7) is -0.276. The van der Waals surface area contributed by atoms with Crippen LogP contribution in [0.4, 0.5) is 14.5 Å². The molecule has 26 heavy (non-hydrogen) atoms. The molecule has 0 spiro atoms. The van der Waals surface area contributed by atoms with Crippen molar-refractivity contribution < 1.29 is 18.3 Å². The van der Waals surface area contributed by atoms with Gasteiger partial charge in [0.2, 0.25) is 0 Å². The van der Waals surface area contributed by atoms with E-state index in [1.54, 1.807) is 17.1 Å². The van der Waals surface area contributed by atoms with Gasteiger partial charge in [-0.25, -0.2) is 0 Å². The molecule has 0 aliphatic heterocycles. The molecule has 0 fully saturated rings. The van der Waals surface area contributed by atoms with Gasteiger partial charge in [-0.1, -0.05) is 29.8 Å². The fourth-order valence-corrected chi connectivity index (χ4v) is 2.50. The van der Waals surface area contributed by atoms with E-state index < -0.39 is 6.61 Å². The number of nitrogens with zero attached hydrogens (tertiary/aromatic N) is 2. The van der Waals surface area contributed by atoms with Crippen LogP contribution in [0.3, 0.4) is 0 Å². The predicted molar refractivity (Wildman–Crippen MR) is 93.5 cm³/mol. The molecule has 3 rings (SSSR count). The van der Waals surface area contributed by atoms with Crippen LogP contribution in [0.15, 0.2) is 60.9 Å². The van der Waals surface area contributed by atoms with E-state index >= 15 is 0 Å². The first-order valence-electron chi connectivity index (χ1n) is 7.94. The molecule has 1 heterocycles. The van der Waals surface area contributed by atoms with E-state index in [4.69, 9.17) is 0 Å². The highest BCUT2D eigenvalue weighted by molar-refractivity contribution is 6.04. The van der Waals surface area contributed by atoms with Crippen LogP contribution in [-0.4, -0.2) is 22.3 Å². The summed E-state index contributed by atoms with van der Waals surface area (Å²) < 4.78 is 30.3. The summed E-state index contributed by atoms with van der Waals surface area (Å²) in [6, 6.07) is 13.6. The van der Waals surface area contributed by atoms with Crippen molar-refractivity contribution in [3.05, 3.63) is 77.6 Å². The van der Waals surface area contributed by atoms with Gasteiger partial charge in [0.1, 0.15) is 5.75 Å². The Morgan fingerprint density at radius 2 is 2.00 bits per heavy atom. The molecule has 0 radical (unpaired) electrons. The van der Waals surface area contributed by atoms with Crippen LogP contribution >= 0.6 is 0 Å². The number of hydrogen-bond donors (Lipinski definition) is 1. The van der Waals surface area contributed by atoms with E-state index in [0.29, 0.717) is 17.8 Å². The van der Waals surface area contributed by atoms with Gasteiger partial charge < -0.3 is 10.1 Å². The number of aryl methyl sites for hydroxylation is 1. The molecule has 134 valence electrons. The van der Waals surface area contributed by atoms with E-state index in [1.807, 2.05) is 25.1 Å². The SMILES string of the molecule is Cc1cccc(Cn2cc(NC(=O)c3ccc(OC(F)F)cc3)cn2)c1. The van der Waals surface area contributed by atoms with Crippen LogP contribution in [0.2, 0.25) is 0 Å². The number of nitrogens with one attached hydrogen (secondary N) is 1. The maximum atomic E-state index is 12.2. The number of amides is 1. The van der Waals surface area contributed by atoms with E-state index in [9.17, 15) is 13.6 Å². The average Bonchev–Trinajstić information content (AvgIpc) is 3.02. The maximum Gasteiger partial charge on any atom is 0.387 e. The number of rotatable bonds is 6. The number of alkyl halides is 2. The van der Waals surface area contributed by atoms with Crippen molar-refractivity contribution in [3.8, 4) is 5.75 Å². The number of halogens is 2. The Morgan fingerprint density at radius 1 is 1.23 bits per heavy atom. The van der Waals surface area contributed by atoms with Crippen LogP contribution < -0.4 is 10.1 Å². The third-order valence-corrected chi connectivity index (χ3v) is 3.66. The Labute approximate surface area is 149 Å². The molecule has 0 saturated carbocycles. The van der Waals surface area contributed by atoms with Gasteiger partial charge in [0, 0.05) is 11.8 Å². The number of carbonyl (C=O) groups is 1. The first kappa shape index (κ1) is 17.6. The molecule has 0 aliphatic rings. The topological polar surface area (TPSA) is 56.2 Å². The van der Waals surface area contributed by atoms with E-state index in [-0.39, 0.29) is 11.7 Å². The van der Waals surface area contributed by atoms with E-state index in [0.717, 1.165) is 5.56 Å². The number of hydrogen-bond acceptors (Lipinski definition) is 3. The van der Waals surface area contributed by atoms with Gasteiger partial charge >= 0.3 is 6.61 Å². The van der Waals surface area contributed by atoms with Gasteiger partial charge in [-0.2, -0.15) is 13.9 Å². The molecule has 1 N–H and O–H groups in total. The highest BCUT2D eigenvalue weighted by Gasteiger charge is 2.09. The van der Waals surface area contributed by atoms with E-state index in [2.05, 4.69) is 21.2 Å². The summed E-state index contributed by atoms with van der Waals surface area (Å²) >= 11 is 0. The van der Waals surface area contributed by atoms with Crippen molar-refractivity contribution in [1.29, 1.82) is 0 Å². The van der Waals surface area contributed by atoms with Gasteiger partial charge in [-0.05, 0) is 36.8 Å². The Hall–Kier alpha value is -3.22. The fourth-order valence-electron chi connectivity index (χ4n) is 2.50. The fraction of sp³-hybridized carbons (Fsp3) is 0.158. The molecule has 0 atom stereocenters. The minimum atomic E-state index is -2.89. The lowest BCUT2D eigenvalue weighted by molar-refractivity contribution is -0.0498. The lowest BCUT2D eigenvalue weighted by Crippen LogP contribution is -2.11. The molecule has 0 saturated heterocycles. The van der Waals surface area contributed by atoms with Crippen molar-refractivity contribution in [3.63, 3.8) is 0 Å². The van der Waals surface area contributed by atoms with Crippen molar-refractivity contribution in [2.45, 2.75) is 20.1 Å². The zero-order chi connectivity index (χ0) is 18.5. The Bertz CT molecular complexity index is 892. The number of ether oxygens (including phenoxy) is 1. The normalized spacial score (nSPS) is 10.8. The quantitative estimate of drug-likeness (QED) is 0.723. The highest BCUT2D eigenvalue weighted by atomic mass is 19.3. The molecule has 3 aromatic rings. The lowest BCUT2D eigenvalue weighted by atomic mass is 10.1. The second-order valence-electron chi connectivity index (χ2n) is 5.77. The van der Waals surface area contributed by atoms with Crippen LogP contribution in [-0.2, 0) is 6.54 Å². The summed E-state index contributed by atoms with van der Waals surface area (Å²) in [7, 11) is 0. The summed E-state index contributed by atoms with van der Waals surface area (Å²) in [4.78, 5) is 12.2. The minimum absolute atomic E-state index is 0.00234. The molecule has 2 aromatic carbocycles. The Balaban J connectivity index is 1.62. The third kappa shape index (κ3) is 4.66. The summed E-state index contributed by atoms with van der Waals surface area (Å²) in [5, 5.41) is 6.96. The minimum Gasteiger partial charge on any atom is -0.435 e. The van der Waals surface area contributed by atoms with Crippen molar-refractivity contribution in [2.24, 2.45) is 0 Å². The van der Waals surface area contributed by atoms with Gasteiger partial charge in [0.25, 0.3) is 5.91 Å². The zero-order valence-corrected chi connectivity index (χ0v) is 14.0. The second kappa shape index (κ2) is 7.77. The number of benzene rings is 2. The summed E-state index contributed by atoms with van der Waals surface area (Å²) in [6.07, 6.45) is 3.29. The Kier molecular flexibility index (Phi) is 5.26. The molecular weight excluding hydrogens is 340 g/mol. The molecule has 0 bridgehead atoms. The smallest absolute Gasteiger partial charge is 0.387 e. The second-order valence-corrected chi connectivity index (χ2v) is 5.77. The van der Waals surface area contributed by atoms with Gasteiger partial charge in [-0.15, -0.1) is 0 Å². The predicted octanol–water partition coefficient (Wildman–Crippen LogP) is 4.09. The molecular formula is C19H17F2N3O2. The maximum absolute atomic E-state index is 12.2. The molecule has 1 amide bonds. The first-order valence-corrected chi connectivity index (χ1v) is 7.94. The zero-order valence-electron chi connectivity index (χ0n) is 14.0. The number of anilines is 1. The van der Waals surface area contributed by atoms with Crippen LogP contribution in [0, 0.1) is 6.92 Å². The largest absolute Gasteiger partial charge is 0.435 e. The standard InChI is InChI=1S/C19H17F2N3O2/c1-13-3-2-4-14(9-13)11-24-12-16(10-22-24)23-18(25)15-5-7-17(8-6-15)26-19(20)21/h2-10,12,19H,11H2,1H3,(H,23,25). The number of carbonyl (C=O) groups excluding carboxylic acids is 1. The lowest BCUT2D eigenvalue weighted by Gasteiger charge is -2.06. The summed E-state index contributed by atoms with van der Waals surface area (Å²) in [5.74, 6) is -0.355. The van der Waals surface area contributed by atoms with Gasteiger partial charge in [-0.3, -0.25) is 9.48 Å². The van der Waals surface area contributed by atoms with Crippen LogP contribution in [0.5, 0.6) is 5.75 Å². The van der Waals surface area contributed by atoms with E-state index in [1.165, 1.54) is 29.8 Å². The van der Waals surface area contributed by atoms with Crippen molar-refractivity contribution in [1.82, 2.24) is 9.78 Å². The third-order valence-electron chi connectivity index (χ3n) is 3.66. The van der Waals surface area contributed by atoms with Crippen molar-refractivity contribution >= 4 is 11.6 Å². The first-order chi connectivity index (χ1) is 12.5. The van der Waals surface area contributed by atoms with Gasteiger partial charge in [0.05, 0.1) is 18.4 Å². The molecule has 0 unspecified atom stereocenters. The highest BCUT2D eigenvalue weighted by Crippen LogP contribution is 2.16. The molecule has 1 aromatic heterocycles. The van der Waals surface area contributed by atoms with Crippen LogP contribution in [0.25, 0.3) is 0 Å². The summed E-state index contributed by atoms with van der Waals surface area (Å²) in [5.41, 5.74) is 3.16. The van der Waals surface area contributed by atoms with Gasteiger partial charge in [0.15, 0.2) is 0 Å². The molecule has 0 aliphatic carbocycles. The Morgan fingerprint density at radius 3 is 2.69 bits per heavy atom. The molecule has 7 heteroatoms. The van der Waals surface area contributed by atoms with Crippen molar-refractivity contribution in [2.75, 3.05) is 5.32 Å². The number of aromatic nitrogens is 2. The average molecular weight is 357 g/mol. The molecule has 5 nitrogen and oxygen atoms in total.